The van der Waals surface area contributed by atoms with E-state index in [1.807, 2.05) is 13.8 Å². The second-order valence-electron chi connectivity index (χ2n) is 8.99. The first-order chi connectivity index (χ1) is 14.8. The molecular weight excluding hydrogens is 438 g/mol. The number of pyridine rings is 1. The number of carbonyl (C=O) groups is 1. The number of sulfone groups is 1. The average molecular weight is 463 g/mol. The van der Waals surface area contributed by atoms with Crippen molar-refractivity contribution >= 4 is 26.8 Å². The van der Waals surface area contributed by atoms with E-state index in [0.29, 0.717) is 22.3 Å². The predicted molar refractivity (Wildman–Crippen MR) is 117 cm³/mol. The molecule has 1 aliphatic rings. The summed E-state index contributed by atoms with van der Waals surface area (Å²) < 4.78 is 52.4. The first-order valence-corrected chi connectivity index (χ1v) is 12.0. The Morgan fingerprint density at radius 1 is 1.25 bits per heavy atom. The molecule has 0 radical (unpaired) electrons. The van der Waals surface area contributed by atoms with Gasteiger partial charge in [-0.15, -0.1) is 0 Å². The number of carbonyl (C=O) groups excluding carboxylic acids is 1. The summed E-state index contributed by atoms with van der Waals surface area (Å²) in [4.78, 5) is 17.2. The summed E-state index contributed by atoms with van der Waals surface area (Å²) in [5.41, 5.74) is 1.37. The van der Waals surface area contributed by atoms with Crippen molar-refractivity contribution in [3.63, 3.8) is 0 Å². The smallest absolute Gasteiger partial charge is 0.270 e. The number of benzene rings is 1. The van der Waals surface area contributed by atoms with Crippen molar-refractivity contribution in [2.24, 2.45) is 0 Å². The molecule has 3 aromatic rings. The summed E-state index contributed by atoms with van der Waals surface area (Å²) in [6, 6.07) is 7.58. The monoisotopic (exact) mass is 462 g/mol. The highest BCUT2D eigenvalue weighted by Gasteiger charge is 2.45. The van der Waals surface area contributed by atoms with Crippen LogP contribution in [0.4, 0.5) is 8.78 Å². The Morgan fingerprint density at radius 2 is 1.94 bits per heavy atom. The van der Waals surface area contributed by atoms with Crippen molar-refractivity contribution in [2.45, 2.75) is 45.2 Å². The van der Waals surface area contributed by atoms with E-state index in [1.54, 1.807) is 29.8 Å². The SMILES string of the molecule is CC(C)n1nc(-c2cccc(C(C)(F)F)c2)c2ncc(C(=O)NC3(C)CS(=O)(=O)C3)cc21. The number of nitrogens with one attached hydrogen (secondary N) is 1. The van der Waals surface area contributed by atoms with Crippen LogP contribution in [0.25, 0.3) is 22.3 Å². The largest absolute Gasteiger partial charge is 0.345 e. The Hall–Kier alpha value is -2.88. The van der Waals surface area contributed by atoms with Gasteiger partial charge in [-0.1, -0.05) is 18.2 Å². The van der Waals surface area contributed by atoms with Crippen LogP contribution in [0, 0.1) is 0 Å². The van der Waals surface area contributed by atoms with E-state index in [4.69, 9.17) is 0 Å². The lowest BCUT2D eigenvalue weighted by Crippen LogP contribution is -2.63. The Kier molecular flexibility index (Phi) is 5.11. The molecule has 7 nitrogen and oxygen atoms in total. The number of hydrogen-bond donors (Lipinski definition) is 1. The quantitative estimate of drug-likeness (QED) is 0.624. The first kappa shape index (κ1) is 22.3. The molecule has 0 bridgehead atoms. The molecule has 0 atom stereocenters. The van der Waals surface area contributed by atoms with Gasteiger partial charge in [0.25, 0.3) is 11.8 Å². The van der Waals surface area contributed by atoms with Crippen LogP contribution in [0.3, 0.4) is 0 Å². The van der Waals surface area contributed by atoms with Gasteiger partial charge in [0.05, 0.1) is 28.1 Å². The van der Waals surface area contributed by atoms with Crippen molar-refractivity contribution < 1.29 is 22.0 Å². The van der Waals surface area contributed by atoms with Gasteiger partial charge in [-0.2, -0.15) is 5.10 Å². The van der Waals surface area contributed by atoms with Gasteiger partial charge < -0.3 is 5.32 Å². The molecular formula is C22H24F2N4O3S. The molecule has 1 amide bonds. The summed E-state index contributed by atoms with van der Waals surface area (Å²) >= 11 is 0. The van der Waals surface area contributed by atoms with E-state index in [0.717, 1.165) is 6.92 Å². The molecule has 3 heterocycles. The van der Waals surface area contributed by atoms with Crippen molar-refractivity contribution in [3.8, 4) is 11.3 Å². The summed E-state index contributed by atoms with van der Waals surface area (Å²) in [6.07, 6.45) is 1.39. The van der Waals surface area contributed by atoms with Gasteiger partial charge in [-0.05, 0) is 32.9 Å². The van der Waals surface area contributed by atoms with E-state index in [9.17, 15) is 22.0 Å². The van der Waals surface area contributed by atoms with Gasteiger partial charge >= 0.3 is 0 Å². The zero-order valence-electron chi connectivity index (χ0n) is 18.2. The zero-order valence-corrected chi connectivity index (χ0v) is 19.0. The van der Waals surface area contributed by atoms with E-state index in [1.165, 1.54) is 18.3 Å². The molecule has 1 aromatic carbocycles. The number of fused-ring (bicyclic) bond motifs is 1. The molecule has 1 N–H and O–H groups in total. The second kappa shape index (κ2) is 7.33. The van der Waals surface area contributed by atoms with E-state index in [2.05, 4.69) is 15.4 Å². The summed E-state index contributed by atoms with van der Waals surface area (Å²) in [5, 5.41) is 7.37. The topological polar surface area (TPSA) is 93.9 Å². The van der Waals surface area contributed by atoms with Crippen LogP contribution in [-0.2, 0) is 15.8 Å². The van der Waals surface area contributed by atoms with Crippen molar-refractivity contribution in [2.75, 3.05) is 11.5 Å². The molecule has 4 rings (SSSR count). The van der Waals surface area contributed by atoms with Gasteiger partial charge in [0, 0.05) is 30.3 Å². The fourth-order valence-electron chi connectivity index (χ4n) is 4.02. The van der Waals surface area contributed by atoms with Crippen molar-refractivity contribution in [3.05, 3.63) is 47.7 Å². The van der Waals surface area contributed by atoms with Gasteiger partial charge in [0.15, 0.2) is 9.84 Å². The van der Waals surface area contributed by atoms with E-state index < -0.39 is 27.2 Å². The van der Waals surface area contributed by atoms with Crippen molar-refractivity contribution in [1.29, 1.82) is 0 Å². The fourth-order valence-corrected chi connectivity index (χ4v) is 6.02. The number of amides is 1. The highest BCUT2D eigenvalue weighted by Crippen LogP contribution is 2.33. The molecule has 1 saturated heterocycles. The van der Waals surface area contributed by atoms with Crippen LogP contribution in [0.15, 0.2) is 36.5 Å². The molecule has 32 heavy (non-hydrogen) atoms. The molecule has 1 aliphatic heterocycles. The first-order valence-electron chi connectivity index (χ1n) is 10.2. The number of alkyl halides is 2. The fraction of sp³-hybridized carbons (Fsp3) is 0.409. The minimum atomic E-state index is -3.11. The maximum absolute atomic E-state index is 13.8. The van der Waals surface area contributed by atoms with E-state index >= 15 is 0 Å². The normalized spacial score (nSPS) is 17.3. The predicted octanol–water partition coefficient (Wildman–Crippen LogP) is 3.71. The second-order valence-corrected chi connectivity index (χ2v) is 11.1. The molecule has 0 spiro atoms. The molecule has 2 aromatic heterocycles. The van der Waals surface area contributed by atoms with Gasteiger partial charge in [0.2, 0.25) is 0 Å². The molecule has 10 heteroatoms. The average Bonchev–Trinajstić information content (AvgIpc) is 3.04. The molecule has 0 saturated carbocycles. The minimum Gasteiger partial charge on any atom is -0.345 e. The molecule has 0 unspecified atom stereocenters. The van der Waals surface area contributed by atoms with Gasteiger partial charge in [0.1, 0.15) is 11.2 Å². The Bertz CT molecular complexity index is 1310. The van der Waals surface area contributed by atoms with Crippen LogP contribution < -0.4 is 5.32 Å². The standard InChI is InChI=1S/C22H24F2N4O3S/c1-13(2)28-17-9-15(20(29)26-21(3)11-32(30,31)12-21)10-25-19(17)18(27-28)14-6-5-7-16(8-14)22(4,23)24/h5-10,13H,11-12H2,1-4H3,(H,26,29). The number of hydrogen-bond acceptors (Lipinski definition) is 5. The Morgan fingerprint density at radius 3 is 2.53 bits per heavy atom. The van der Waals surface area contributed by atoms with Crippen LogP contribution in [-0.4, -0.2) is 46.1 Å². The van der Waals surface area contributed by atoms with Gasteiger partial charge in [-0.3, -0.25) is 14.5 Å². The Balaban J connectivity index is 1.75. The van der Waals surface area contributed by atoms with E-state index in [-0.39, 0.29) is 28.7 Å². The maximum atomic E-state index is 13.8. The zero-order chi connectivity index (χ0) is 23.5. The van der Waals surface area contributed by atoms with Gasteiger partial charge in [-0.25, -0.2) is 17.2 Å². The van der Waals surface area contributed by atoms with Crippen LogP contribution >= 0.6 is 0 Å². The molecule has 170 valence electrons. The van der Waals surface area contributed by atoms with Crippen LogP contribution in [0.1, 0.15) is 49.7 Å². The summed E-state index contributed by atoms with van der Waals surface area (Å²) in [5.74, 6) is -3.62. The Labute approximate surface area is 184 Å². The number of nitrogens with zero attached hydrogens (tertiary/aromatic N) is 3. The summed E-state index contributed by atoms with van der Waals surface area (Å²) in [6.45, 7) is 6.36. The molecule has 0 aliphatic carbocycles. The van der Waals surface area contributed by atoms with Crippen LogP contribution in [0.2, 0.25) is 0 Å². The highest BCUT2D eigenvalue weighted by molar-refractivity contribution is 7.93. The van der Waals surface area contributed by atoms with Crippen molar-refractivity contribution in [1.82, 2.24) is 20.1 Å². The third-order valence-corrected chi connectivity index (χ3v) is 7.59. The minimum absolute atomic E-state index is 0.0727. The lowest BCUT2D eigenvalue weighted by Gasteiger charge is -2.38. The number of rotatable bonds is 5. The third kappa shape index (κ3) is 4.11. The molecule has 1 fully saturated rings. The third-order valence-electron chi connectivity index (χ3n) is 5.43. The maximum Gasteiger partial charge on any atom is 0.270 e. The summed E-state index contributed by atoms with van der Waals surface area (Å²) in [7, 11) is -3.11. The van der Waals surface area contributed by atoms with Crippen LogP contribution in [0.5, 0.6) is 0 Å². The number of aromatic nitrogens is 3. The number of halogens is 2. The highest BCUT2D eigenvalue weighted by atomic mass is 32.2. The lowest BCUT2D eigenvalue weighted by atomic mass is 10.0. The lowest BCUT2D eigenvalue weighted by molar-refractivity contribution is 0.0175.